The predicted molar refractivity (Wildman–Crippen MR) is 107 cm³/mol. The van der Waals surface area contributed by atoms with Crippen LogP contribution < -0.4 is 16.0 Å². The van der Waals surface area contributed by atoms with Crippen LogP contribution in [0.15, 0.2) is 0 Å². The highest BCUT2D eigenvalue weighted by Crippen LogP contribution is 2.22. The van der Waals surface area contributed by atoms with Crippen molar-refractivity contribution >= 4 is 23.9 Å². The number of hydrogen-bond acceptors (Lipinski definition) is 5. The fourth-order valence-corrected chi connectivity index (χ4v) is 3.11. The van der Waals surface area contributed by atoms with Crippen LogP contribution in [0.4, 0.5) is 4.79 Å². The first kappa shape index (κ1) is 24.7. The van der Waals surface area contributed by atoms with E-state index in [1.165, 1.54) is 0 Å². The highest BCUT2D eigenvalue weighted by Gasteiger charge is 2.34. The summed E-state index contributed by atoms with van der Waals surface area (Å²) in [6.45, 7) is 11.4. The van der Waals surface area contributed by atoms with E-state index in [1.807, 2.05) is 20.8 Å². The average molecular weight is 414 g/mol. The summed E-state index contributed by atoms with van der Waals surface area (Å²) in [6.07, 6.45) is 0.882. The van der Waals surface area contributed by atoms with Gasteiger partial charge in [0.2, 0.25) is 11.8 Å². The molecule has 1 aliphatic heterocycles. The molecule has 1 heterocycles. The standard InChI is InChI=1S/C20H35N3O6/c1-19(2,3)11-14(23-18(28)29-20(4,5)6)16(25)22-13(17(26)27)10-12-8-7-9-21-15(12)24/h12-14H,7-11H2,1-6H3,(H,21,24)(H,22,25)(H,23,28)(H,26,27)/t12-,13?,14?/m0/s1. The second kappa shape index (κ2) is 9.93. The van der Waals surface area contributed by atoms with E-state index in [4.69, 9.17) is 4.74 Å². The van der Waals surface area contributed by atoms with Crippen molar-refractivity contribution in [1.82, 2.24) is 16.0 Å². The summed E-state index contributed by atoms with van der Waals surface area (Å²) in [4.78, 5) is 48.6. The van der Waals surface area contributed by atoms with E-state index in [1.54, 1.807) is 20.8 Å². The summed E-state index contributed by atoms with van der Waals surface area (Å²) in [5.74, 6) is -2.50. The lowest BCUT2D eigenvalue weighted by molar-refractivity contribution is -0.143. The van der Waals surface area contributed by atoms with Crippen LogP contribution >= 0.6 is 0 Å². The Balaban J connectivity index is 2.87. The molecule has 29 heavy (non-hydrogen) atoms. The number of carbonyl (C=O) groups excluding carboxylic acids is 3. The number of aliphatic carboxylic acids is 1. The molecule has 166 valence electrons. The quantitative estimate of drug-likeness (QED) is 0.503. The molecule has 0 aromatic rings. The number of carbonyl (C=O) groups is 4. The van der Waals surface area contributed by atoms with Crippen molar-refractivity contribution in [2.75, 3.05) is 6.54 Å². The zero-order chi connectivity index (χ0) is 22.4. The normalized spacial score (nSPS) is 19.5. The summed E-state index contributed by atoms with van der Waals surface area (Å²) in [5.41, 5.74) is -1.04. The van der Waals surface area contributed by atoms with Crippen LogP contribution in [0.2, 0.25) is 0 Å². The van der Waals surface area contributed by atoms with Gasteiger partial charge in [-0.2, -0.15) is 0 Å². The Hall–Kier alpha value is -2.32. The van der Waals surface area contributed by atoms with Crippen LogP contribution in [0, 0.1) is 11.3 Å². The minimum atomic E-state index is -1.22. The molecular weight excluding hydrogens is 378 g/mol. The SMILES string of the molecule is CC(C)(C)CC(NC(=O)OC(C)(C)C)C(=O)NC(C[C@@H]1CCCNC1=O)C(=O)O. The second-order valence-electron chi connectivity index (χ2n) is 9.73. The third kappa shape index (κ3) is 9.62. The van der Waals surface area contributed by atoms with Crippen LogP contribution in [-0.4, -0.2) is 53.2 Å². The van der Waals surface area contributed by atoms with Crippen molar-refractivity contribution < 1.29 is 29.0 Å². The lowest BCUT2D eigenvalue weighted by atomic mass is 9.87. The van der Waals surface area contributed by atoms with Crippen molar-refractivity contribution in [3.63, 3.8) is 0 Å². The Morgan fingerprint density at radius 3 is 2.24 bits per heavy atom. The van der Waals surface area contributed by atoms with Crippen LogP contribution in [0.3, 0.4) is 0 Å². The number of piperidine rings is 1. The largest absolute Gasteiger partial charge is 0.480 e. The van der Waals surface area contributed by atoms with E-state index in [2.05, 4.69) is 16.0 Å². The van der Waals surface area contributed by atoms with Gasteiger partial charge < -0.3 is 25.8 Å². The summed E-state index contributed by atoms with van der Waals surface area (Å²) in [6, 6.07) is -2.19. The molecule has 0 aromatic heterocycles. The molecule has 0 bridgehead atoms. The van der Waals surface area contributed by atoms with Gasteiger partial charge in [0.15, 0.2) is 0 Å². The lowest BCUT2D eigenvalue weighted by Crippen LogP contribution is -2.54. The number of nitrogens with one attached hydrogen (secondary N) is 3. The summed E-state index contributed by atoms with van der Waals surface area (Å²) in [5, 5.41) is 17.3. The molecule has 3 amide bonds. The molecule has 9 nitrogen and oxygen atoms in total. The highest BCUT2D eigenvalue weighted by molar-refractivity contribution is 5.89. The van der Waals surface area contributed by atoms with Gasteiger partial charge in [0, 0.05) is 12.5 Å². The molecule has 9 heteroatoms. The van der Waals surface area contributed by atoms with Gasteiger partial charge in [0.25, 0.3) is 0 Å². The Morgan fingerprint density at radius 2 is 1.76 bits per heavy atom. The fraction of sp³-hybridized carbons (Fsp3) is 0.800. The number of rotatable bonds is 7. The molecule has 0 aliphatic carbocycles. The number of hydrogen-bond donors (Lipinski definition) is 4. The van der Waals surface area contributed by atoms with Crippen molar-refractivity contribution in [2.24, 2.45) is 11.3 Å². The van der Waals surface area contributed by atoms with Gasteiger partial charge in [-0.3, -0.25) is 9.59 Å². The van der Waals surface area contributed by atoms with Crippen molar-refractivity contribution in [1.29, 1.82) is 0 Å². The van der Waals surface area contributed by atoms with Crippen LogP contribution in [0.5, 0.6) is 0 Å². The van der Waals surface area contributed by atoms with Crippen molar-refractivity contribution in [3.05, 3.63) is 0 Å². The summed E-state index contributed by atoms with van der Waals surface area (Å²) < 4.78 is 5.22. The lowest BCUT2D eigenvalue weighted by Gasteiger charge is -2.29. The number of amides is 3. The monoisotopic (exact) mass is 413 g/mol. The number of carboxylic acids is 1. The molecule has 4 N–H and O–H groups in total. The number of alkyl carbamates (subject to hydrolysis) is 1. The minimum Gasteiger partial charge on any atom is -0.480 e. The van der Waals surface area contributed by atoms with Gasteiger partial charge in [-0.25, -0.2) is 9.59 Å². The predicted octanol–water partition coefficient (Wildman–Crippen LogP) is 1.80. The zero-order valence-corrected chi connectivity index (χ0v) is 18.3. The Labute approximate surface area is 172 Å². The molecule has 3 atom stereocenters. The van der Waals surface area contributed by atoms with Gasteiger partial charge in [-0.05, 0) is 51.9 Å². The Bertz CT molecular complexity index is 621. The molecular formula is C20H35N3O6. The van der Waals surface area contributed by atoms with E-state index in [0.29, 0.717) is 13.0 Å². The second-order valence-corrected chi connectivity index (χ2v) is 9.73. The fourth-order valence-electron chi connectivity index (χ4n) is 3.11. The Morgan fingerprint density at radius 1 is 1.14 bits per heavy atom. The molecule has 1 rings (SSSR count). The zero-order valence-electron chi connectivity index (χ0n) is 18.3. The maximum Gasteiger partial charge on any atom is 0.408 e. The summed E-state index contributed by atoms with van der Waals surface area (Å²) >= 11 is 0. The van der Waals surface area contributed by atoms with E-state index < -0.39 is 41.6 Å². The Kier molecular flexibility index (Phi) is 8.47. The number of ether oxygens (including phenoxy) is 1. The summed E-state index contributed by atoms with van der Waals surface area (Å²) in [7, 11) is 0. The van der Waals surface area contributed by atoms with E-state index in [9.17, 15) is 24.3 Å². The molecule has 2 unspecified atom stereocenters. The topological polar surface area (TPSA) is 134 Å². The molecule has 1 aliphatic rings. The third-order valence-corrected chi connectivity index (χ3v) is 4.36. The average Bonchev–Trinajstić information content (AvgIpc) is 2.52. The van der Waals surface area contributed by atoms with Gasteiger partial charge in [-0.1, -0.05) is 20.8 Å². The molecule has 0 saturated carbocycles. The van der Waals surface area contributed by atoms with E-state index in [0.717, 1.165) is 6.42 Å². The minimum absolute atomic E-state index is 0.00157. The maximum absolute atomic E-state index is 12.8. The van der Waals surface area contributed by atoms with Gasteiger partial charge in [0.1, 0.15) is 17.7 Å². The smallest absolute Gasteiger partial charge is 0.408 e. The molecule has 1 fully saturated rings. The van der Waals surface area contributed by atoms with Gasteiger partial charge in [-0.15, -0.1) is 0 Å². The first-order valence-electron chi connectivity index (χ1n) is 9.98. The van der Waals surface area contributed by atoms with Crippen molar-refractivity contribution in [2.45, 2.75) is 84.9 Å². The van der Waals surface area contributed by atoms with Crippen LogP contribution in [0.25, 0.3) is 0 Å². The molecule has 0 spiro atoms. The number of carboxylic acid groups (broad SMARTS) is 1. The first-order valence-corrected chi connectivity index (χ1v) is 9.98. The van der Waals surface area contributed by atoms with E-state index in [-0.39, 0.29) is 24.2 Å². The van der Waals surface area contributed by atoms with E-state index >= 15 is 0 Å². The van der Waals surface area contributed by atoms with Crippen LogP contribution in [0.1, 0.15) is 67.2 Å². The molecule has 1 saturated heterocycles. The van der Waals surface area contributed by atoms with Crippen molar-refractivity contribution in [3.8, 4) is 0 Å². The van der Waals surface area contributed by atoms with Gasteiger partial charge in [0.05, 0.1) is 0 Å². The maximum atomic E-state index is 12.8. The van der Waals surface area contributed by atoms with Gasteiger partial charge >= 0.3 is 12.1 Å². The highest BCUT2D eigenvalue weighted by atomic mass is 16.6. The molecule has 0 radical (unpaired) electrons. The molecule has 0 aromatic carbocycles. The first-order chi connectivity index (χ1) is 13.2. The van der Waals surface area contributed by atoms with Crippen LogP contribution in [-0.2, 0) is 19.1 Å². The third-order valence-electron chi connectivity index (χ3n) is 4.36.